The van der Waals surface area contributed by atoms with Gasteiger partial charge in [-0.2, -0.15) is 10.2 Å². The van der Waals surface area contributed by atoms with E-state index in [1.807, 2.05) is 12.1 Å². The highest BCUT2D eigenvalue weighted by molar-refractivity contribution is 5.78. The number of hydrogen-bond acceptors (Lipinski definition) is 4. The minimum atomic E-state index is 0.128. The van der Waals surface area contributed by atoms with Gasteiger partial charge < -0.3 is 10.6 Å². The van der Waals surface area contributed by atoms with E-state index in [0.29, 0.717) is 12.6 Å². The standard InChI is InChI=1S/C12H18N4O/c1-9-7-10(4-6-13-9)12(17)14-8-11-3-2-5-15-16-11/h2-3,5,9-10,13H,4,6-8H2,1H3,(H,14,17). The molecule has 1 aromatic rings. The van der Waals surface area contributed by atoms with Crippen LogP contribution in [-0.4, -0.2) is 28.7 Å². The zero-order chi connectivity index (χ0) is 12.1. The summed E-state index contributed by atoms with van der Waals surface area (Å²) in [6.45, 7) is 3.50. The number of rotatable bonds is 3. The maximum absolute atomic E-state index is 11.9. The molecule has 1 aliphatic heterocycles. The largest absolute Gasteiger partial charge is 0.350 e. The summed E-state index contributed by atoms with van der Waals surface area (Å²) in [7, 11) is 0. The van der Waals surface area contributed by atoms with Gasteiger partial charge in [0, 0.05) is 18.2 Å². The summed E-state index contributed by atoms with van der Waals surface area (Å²) in [5.41, 5.74) is 0.794. The van der Waals surface area contributed by atoms with Crippen molar-refractivity contribution < 1.29 is 4.79 Å². The van der Waals surface area contributed by atoms with E-state index < -0.39 is 0 Å². The van der Waals surface area contributed by atoms with Crippen molar-refractivity contribution in [3.63, 3.8) is 0 Å². The number of amides is 1. The van der Waals surface area contributed by atoms with Crippen molar-refractivity contribution in [2.24, 2.45) is 5.92 Å². The fraction of sp³-hybridized carbons (Fsp3) is 0.583. The van der Waals surface area contributed by atoms with E-state index in [0.717, 1.165) is 25.1 Å². The van der Waals surface area contributed by atoms with Gasteiger partial charge in [0.05, 0.1) is 12.2 Å². The van der Waals surface area contributed by atoms with Crippen LogP contribution in [0.4, 0.5) is 0 Å². The van der Waals surface area contributed by atoms with Crippen molar-refractivity contribution in [3.8, 4) is 0 Å². The molecule has 0 saturated carbocycles. The molecule has 1 fully saturated rings. The molecule has 17 heavy (non-hydrogen) atoms. The molecule has 0 spiro atoms. The summed E-state index contributed by atoms with van der Waals surface area (Å²) >= 11 is 0. The summed E-state index contributed by atoms with van der Waals surface area (Å²) in [4.78, 5) is 11.9. The minimum Gasteiger partial charge on any atom is -0.350 e. The normalized spacial score (nSPS) is 24.3. The Morgan fingerprint density at radius 1 is 1.65 bits per heavy atom. The number of aromatic nitrogens is 2. The molecule has 5 nitrogen and oxygen atoms in total. The van der Waals surface area contributed by atoms with Gasteiger partial charge in [-0.05, 0) is 38.4 Å². The van der Waals surface area contributed by atoms with E-state index in [-0.39, 0.29) is 11.8 Å². The van der Waals surface area contributed by atoms with Crippen molar-refractivity contribution in [1.29, 1.82) is 0 Å². The first-order valence-electron chi connectivity index (χ1n) is 6.03. The molecule has 2 N–H and O–H groups in total. The molecule has 1 aromatic heterocycles. The van der Waals surface area contributed by atoms with Crippen LogP contribution in [0.25, 0.3) is 0 Å². The third-order valence-electron chi connectivity index (χ3n) is 3.07. The predicted molar refractivity (Wildman–Crippen MR) is 64.1 cm³/mol. The first-order chi connectivity index (χ1) is 8.25. The lowest BCUT2D eigenvalue weighted by Crippen LogP contribution is -2.42. The fourth-order valence-electron chi connectivity index (χ4n) is 2.12. The van der Waals surface area contributed by atoms with Crippen LogP contribution in [0.1, 0.15) is 25.5 Å². The zero-order valence-corrected chi connectivity index (χ0v) is 10.0. The number of carbonyl (C=O) groups is 1. The van der Waals surface area contributed by atoms with E-state index in [1.54, 1.807) is 6.20 Å². The molecular weight excluding hydrogens is 216 g/mol. The summed E-state index contributed by atoms with van der Waals surface area (Å²) in [5.74, 6) is 0.256. The van der Waals surface area contributed by atoms with Gasteiger partial charge in [-0.25, -0.2) is 0 Å². The Morgan fingerprint density at radius 3 is 3.24 bits per heavy atom. The van der Waals surface area contributed by atoms with E-state index >= 15 is 0 Å². The van der Waals surface area contributed by atoms with Crippen molar-refractivity contribution in [1.82, 2.24) is 20.8 Å². The minimum absolute atomic E-state index is 0.128. The lowest BCUT2D eigenvalue weighted by molar-refractivity contribution is -0.126. The van der Waals surface area contributed by atoms with Gasteiger partial charge >= 0.3 is 0 Å². The van der Waals surface area contributed by atoms with Crippen LogP contribution >= 0.6 is 0 Å². The monoisotopic (exact) mass is 234 g/mol. The average Bonchev–Trinajstić information content (AvgIpc) is 2.37. The van der Waals surface area contributed by atoms with Crippen LogP contribution in [0.5, 0.6) is 0 Å². The Morgan fingerprint density at radius 2 is 2.53 bits per heavy atom. The molecular formula is C12H18N4O. The van der Waals surface area contributed by atoms with Crippen LogP contribution in [-0.2, 0) is 11.3 Å². The van der Waals surface area contributed by atoms with Crippen molar-refractivity contribution >= 4 is 5.91 Å². The summed E-state index contributed by atoms with van der Waals surface area (Å²) in [6.07, 6.45) is 3.45. The van der Waals surface area contributed by atoms with Gasteiger partial charge in [0.15, 0.2) is 0 Å². The molecule has 2 unspecified atom stereocenters. The lowest BCUT2D eigenvalue weighted by atomic mass is 9.92. The summed E-state index contributed by atoms with van der Waals surface area (Å²) in [5, 5.41) is 14.0. The number of nitrogens with one attached hydrogen (secondary N) is 2. The second-order valence-electron chi connectivity index (χ2n) is 4.51. The van der Waals surface area contributed by atoms with Gasteiger partial charge in [0.2, 0.25) is 5.91 Å². The van der Waals surface area contributed by atoms with E-state index in [4.69, 9.17) is 0 Å². The number of carbonyl (C=O) groups excluding carboxylic acids is 1. The van der Waals surface area contributed by atoms with Crippen LogP contribution in [0.15, 0.2) is 18.3 Å². The van der Waals surface area contributed by atoms with Gasteiger partial charge in [0.1, 0.15) is 0 Å². The van der Waals surface area contributed by atoms with Crippen molar-refractivity contribution in [2.75, 3.05) is 6.54 Å². The molecule has 0 radical (unpaired) electrons. The second-order valence-corrected chi connectivity index (χ2v) is 4.51. The topological polar surface area (TPSA) is 66.9 Å². The van der Waals surface area contributed by atoms with Crippen LogP contribution in [0.2, 0.25) is 0 Å². The Kier molecular flexibility index (Phi) is 4.03. The Labute approximate surface area is 101 Å². The lowest BCUT2D eigenvalue weighted by Gasteiger charge is -2.27. The predicted octanol–water partition coefficient (Wildman–Crippen LogP) is 0.481. The van der Waals surface area contributed by atoms with Crippen LogP contribution in [0.3, 0.4) is 0 Å². The molecule has 1 saturated heterocycles. The maximum Gasteiger partial charge on any atom is 0.223 e. The molecule has 0 aromatic carbocycles. The number of hydrogen-bond donors (Lipinski definition) is 2. The molecule has 92 valence electrons. The third kappa shape index (κ3) is 3.49. The average molecular weight is 234 g/mol. The Hall–Kier alpha value is -1.49. The van der Waals surface area contributed by atoms with Gasteiger partial charge in [-0.15, -0.1) is 0 Å². The van der Waals surface area contributed by atoms with E-state index in [1.165, 1.54) is 0 Å². The van der Waals surface area contributed by atoms with Gasteiger partial charge in [-0.3, -0.25) is 4.79 Å². The highest BCUT2D eigenvalue weighted by Gasteiger charge is 2.24. The first kappa shape index (κ1) is 12.0. The Balaban J connectivity index is 1.81. The number of piperidine rings is 1. The van der Waals surface area contributed by atoms with Crippen molar-refractivity contribution in [2.45, 2.75) is 32.4 Å². The smallest absolute Gasteiger partial charge is 0.223 e. The fourth-order valence-corrected chi connectivity index (χ4v) is 2.12. The highest BCUT2D eigenvalue weighted by atomic mass is 16.1. The zero-order valence-electron chi connectivity index (χ0n) is 10.0. The molecule has 0 bridgehead atoms. The van der Waals surface area contributed by atoms with E-state index in [2.05, 4.69) is 27.8 Å². The molecule has 0 aliphatic carbocycles. The third-order valence-corrected chi connectivity index (χ3v) is 3.07. The highest BCUT2D eigenvalue weighted by Crippen LogP contribution is 2.15. The molecule has 2 heterocycles. The van der Waals surface area contributed by atoms with Gasteiger partial charge in [0.25, 0.3) is 0 Å². The quantitative estimate of drug-likeness (QED) is 0.798. The molecule has 1 aliphatic rings. The van der Waals surface area contributed by atoms with Crippen molar-refractivity contribution in [3.05, 3.63) is 24.0 Å². The maximum atomic E-state index is 11.9. The molecule has 2 atom stereocenters. The second kappa shape index (κ2) is 5.72. The van der Waals surface area contributed by atoms with Gasteiger partial charge in [-0.1, -0.05) is 0 Å². The Bertz CT molecular complexity index is 368. The van der Waals surface area contributed by atoms with Crippen LogP contribution in [0, 0.1) is 5.92 Å². The number of nitrogens with zero attached hydrogens (tertiary/aromatic N) is 2. The van der Waals surface area contributed by atoms with Crippen LogP contribution < -0.4 is 10.6 Å². The SMILES string of the molecule is CC1CC(C(=O)NCc2cccnn2)CCN1. The summed E-state index contributed by atoms with van der Waals surface area (Å²) < 4.78 is 0. The van der Waals surface area contributed by atoms with E-state index in [9.17, 15) is 4.79 Å². The molecule has 5 heteroatoms. The first-order valence-corrected chi connectivity index (χ1v) is 6.03. The summed E-state index contributed by atoms with van der Waals surface area (Å²) in [6, 6.07) is 4.11. The molecule has 1 amide bonds. The molecule has 2 rings (SSSR count).